The lowest BCUT2D eigenvalue weighted by Gasteiger charge is -2.33. The summed E-state index contributed by atoms with van der Waals surface area (Å²) in [5, 5.41) is 0. The highest BCUT2D eigenvalue weighted by molar-refractivity contribution is 7.90. The number of alkyl halides is 1. The summed E-state index contributed by atoms with van der Waals surface area (Å²) in [6, 6.07) is 11.3. The number of aromatic nitrogens is 1. The number of ether oxygens (including phenoxy) is 2. The quantitative estimate of drug-likeness (QED) is 0.506. The maximum atomic E-state index is 15.1. The molecule has 13 heteroatoms. The van der Waals surface area contributed by atoms with Gasteiger partial charge in [0.15, 0.2) is 11.6 Å². The Morgan fingerprint density at radius 3 is 2.69 bits per heavy atom. The zero-order valence-corrected chi connectivity index (χ0v) is 19.3. The molecule has 0 saturated carbocycles. The van der Waals surface area contributed by atoms with Crippen LogP contribution in [0.4, 0.5) is 23.7 Å². The van der Waals surface area contributed by atoms with Crippen molar-refractivity contribution >= 4 is 22.0 Å². The van der Waals surface area contributed by atoms with E-state index in [0.717, 1.165) is 4.31 Å². The molecule has 3 heterocycles. The fourth-order valence-corrected chi connectivity index (χ4v) is 4.99. The maximum absolute atomic E-state index is 15.1. The minimum absolute atomic E-state index is 0.0492. The summed E-state index contributed by atoms with van der Waals surface area (Å²) in [5.74, 6) is -1.34. The fourth-order valence-electron chi connectivity index (χ4n) is 3.71. The number of nitrogens with one attached hydrogen (secondary N) is 1. The Hall–Kier alpha value is -3.84. The minimum atomic E-state index is -4.10. The van der Waals surface area contributed by atoms with Crippen LogP contribution in [0.2, 0.25) is 0 Å². The molecule has 1 aromatic heterocycles. The molecule has 9 nitrogen and oxygen atoms in total. The molecule has 188 valence electrons. The molecule has 0 unspecified atom stereocenters. The first-order valence-corrected chi connectivity index (χ1v) is 12.2. The van der Waals surface area contributed by atoms with Crippen LogP contribution >= 0.6 is 0 Å². The Balaban J connectivity index is 1.29. The van der Waals surface area contributed by atoms with Crippen molar-refractivity contribution in [2.45, 2.75) is 19.3 Å². The van der Waals surface area contributed by atoms with Crippen molar-refractivity contribution in [2.24, 2.45) is 0 Å². The number of hydrogen-bond donors (Lipinski definition) is 1. The van der Waals surface area contributed by atoms with Gasteiger partial charge in [0.2, 0.25) is 0 Å². The van der Waals surface area contributed by atoms with Crippen LogP contribution in [0, 0.1) is 11.6 Å². The smallest absolute Gasteiger partial charge is 0.415 e. The van der Waals surface area contributed by atoms with Gasteiger partial charge in [0.05, 0.1) is 18.8 Å². The van der Waals surface area contributed by atoms with Crippen LogP contribution in [0.5, 0.6) is 17.4 Å². The van der Waals surface area contributed by atoms with Crippen molar-refractivity contribution in [1.82, 2.24) is 14.2 Å². The topological polar surface area (TPSA) is 101 Å². The summed E-state index contributed by atoms with van der Waals surface area (Å²) in [6.07, 6.45) is -0.633. The first kappa shape index (κ1) is 23.9. The number of anilines is 1. The highest BCUT2D eigenvalue weighted by Gasteiger charge is 2.36. The molecule has 3 aromatic rings. The van der Waals surface area contributed by atoms with E-state index in [4.69, 9.17) is 9.47 Å². The second-order valence-corrected chi connectivity index (χ2v) is 9.86. The molecule has 1 amide bonds. The molecule has 1 saturated heterocycles. The highest BCUT2D eigenvalue weighted by Crippen LogP contribution is 2.33. The average molecular weight is 520 g/mol. The van der Waals surface area contributed by atoms with Crippen LogP contribution < -0.4 is 14.2 Å². The van der Waals surface area contributed by atoms with Gasteiger partial charge in [-0.3, -0.25) is 9.62 Å². The molecule has 1 N–H and O–H groups in total. The van der Waals surface area contributed by atoms with Crippen molar-refractivity contribution in [3.05, 3.63) is 77.5 Å². The van der Waals surface area contributed by atoms with Crippen molar-refractivity contribution in [3.63, 3.8) is 0 Å². The summed E-state index contributed by atoms with van der Waals surface area (Å²) in [4.78, 5) is 17.6. The van der Waals surface area contributed by atoms with Gasteiger partial charge in [-0.1, -0.05) is 12.1 Å². The minimum Gasteiger partial charge on any atom is -0.436 e. The van der Waals surface area contributed by atoms with Gasteiger partial charge in [0, 0.05) is 36.5 Å². The average Bonchev–Trinajstić information content (AvgIpc) is 2.81. The van der Waals surface area contributed by atoms with Crippen LogP contribution in [0.25, 0.3) is 0 Å². The molecule has 1 fully saturated rings. The summed E-state index contributed by atoms with van der Waals surface area (Å²) < 4.78 is 80.3. The van der Waals surface area contributed by atoms with Crippen molar-refractivity contribution in [2.75, 3.05) is 17.8 Å². The molecule has 36 heavy (non-hydrogen) atoms. The van der Waals surface area contributed by atoms with E-state index < -0.39 is 34.1 Å². The lowest BCUT2D eigenvalue weighted by molar-refractivity contribution is 0.134. The molecule has 0 spiro atoms. The largest absolute Gasteiger partial charge is 0.436 e. The van der Waals surface area contributed by atoms with Gasteiger partial charge in [-0.2, -0.15) is 12.7 Å². The number of rotatable bonds is 7. The summed E-state index contributed by atoms with van der Waals surface area (Å²) in [7, 11) is -4.10. The summed E-state index contributed by atoms with van der Waals surface area (Å²) in [6.45, 7) is -0.709. The van der Waals surface area contributed by atoms with Crippen molar-refractivity contribution in [1.29, 1.82) is 0 Å². The Morgan fingerprint density at radius 1 is 1.14 bits per heavy atom. The SMILES string of the molecule is O=C1Oc2cc(Oc3ncccc3F)ccc2CN1Cc1cccc(NS(=O)(=O)N2CC(F)C2)c1F. The van der Waals surface area contributed by atoms with Crippen LogP contribution in [-0.4, -0.2) is 48.0 Å². The molecule has 0 aliphatic carbocycles. The van der Waals surface area contributed by atoms with Crippen molar-refractivity contribution in [3.8, 4) is 17.4 Å². The Kier molecular flexibility index (Phi) is 6.18. The number of carbonyl (C=O) groups excluding carboxylic acids is 1. The van der Waals surface area contributed by atoms with Gasteiger partial charge in [0.25, 0.3) is 5.88 Å². The number of carbonyl (C=O) groups is 1. The number of hydrogen-bond acceptors (Lipinski definition) is 6. The standard InChI is InChI=1S/C23H19F3N4O5S/c24-16-12-30(13-16)36(32,33)28-19-5-1-3-15(21(19)26)11-29-10-14-6-7-17(9-20(14)35-23(29)31)34-22-18(25)4-2-8-27-22/h1-9,16,28H,10-13H2. The van der Waals surface area contributed by atoms with E-state index in [1.54, 1.807) is 12.1 Å². The van der Waals surface area contributed by atoms with Crippen LogP contribution in [-0.2, 0) is 23.3 Å². The van der Waals surface area contributed by atoms with E-state index in [-0.39, 0.29) is 54.8 Å². The number of amides is 1. The van der Waals surface area contributed by atoms with Gasteiger partial charge >= 0.3 is 16.3 Å². The van der Waals surface area contributed by atoms with E-state index in [9.17, 15) is 22.0 Å². The lowest BCUT2D eigenvalue weighted by Crippen LogP contribution is -2.53. The van der Waals surface area contributed by atoms with E-state index in [1.807, 2.05) is 0 Å². The van der Waals surface area contributed by atoms with Crippen LogP contribution in [0.1, 0.15) is 11.1 Å². The Labute approximate surface area is 204 Å². The predicted molar refractivity (Wildman–Crippen MR) is 121 cm³/mol. The first-order valence-electron chi connectivity index (χ1n) is 10.8. The monoisotopic (exact) mass is 520 g/mol. The third-order valence-corrected chi connectivity index (χ3v) is 7.07. The Morgan fingerprint density at radius 2 is 1.94 bits per heavy atom. The molecule has 0 bridgehead atoms. The Bertz CT molecular complexity index is 1430. The molecule has 5 rings (SSSR count). The number of halogens is 3. The third kappa shape index (κ3) is 4.79. The number of pyridine rings is 1. The molecule has 2 aliphatic rings. The first-order chi connectivity index (χ1) is 17.2. The maximum Gasteiger partial charge on any atom is 0.415 e. The number of nitrogens with zero attached hydrogens (tertiary/aromatic N) is 3. The summed E-state index contributed by atoms with van der Waals surface area (Å²) >= 11 is 0. The van der Waals surface area contributed by atoms with Gasteiger partial charge in [-0.25, -0.2) is 22.9 Å². The molecular formula is C23H19F3N4O5S. The van der Waals surface area contributed by atoms with Gasteiger partial charge < -0.3 is 9.47 Å². The molecular weight excluding hydrogens is 501 g/mol. The van der Waals surface area contributed by atoms with Crippen molar-refractivity contribution < 1.29 is 35.9 Å². The van der Waals surface area contributed by atoms with E-state index >= 15 is 4.39 Å². The predicted octanol–water partition coefficient (Wildman–Crippen LogP) is 3.98. The van der Waals surface area contributed by atoms with Crippen LogP contribution in [0.15, 0.2) is 54.7 Å². The third-order valence-electron chi connectivity index (χ3n) is 5.62. The molecule has 0 radical (unpaired) electrons. The number of fused-ring (bicyclic) bond motifs is 1. The highest BCUT2D eigenvalue weighted by atomic mass is 32.2. The lowest BCUT2D eigenvalue weighted by atomic mass is 10.1. The molecule has 2 aromatic carbocycles. The number of benzene rings is 2. The second-order valence-electron chi connectivity index (χ2n) is 8.19. The molecule has 0 atom stereocenters. The van der Waals surface area contributed by atoms with E-state index in [0.29, 0.717) is 5.56 Å². The van der Waals surface area contributed by atoms with E-state index in [1.165, 1.54) is 47.5 Å². The zero-order valence-electron chi connectivity index (χ0n) is 18.5. The van der Waals surface area contributed by atoms with Crippen LogP contribution in [0.3, 0.4) is 0 Å². The van der Waals surface area contributed by atoms with E-state index in [2.05, 4.69) is 9.71 Å². The normalized spacial score (nSPS) is 16.2. The van der Waals surface area contributed by atoms with Gasteiger partial charge in [-0.05, 0) is 30.3 Å². The second kappa shape index (κ2) is 9.32. The summed E-state index contributed by atoms with van der Waals surface area (Å²) in [5.41, 5.74) is 0.330. The van der Waals surface area contributed by atoms with Gasteiger partial charge in [-0.15, -0.1) is 0 Å². The van der Waals surface area contributed by atoms with Gasteiger partial charge in [0.1, 0.15) is 17.7 Å². The zero-order chi connectivity index (χ0) is 25.4. The molecule has 2 aliphatic heterocycles. The fraction of sp³-hybridized carbons (Fsp3) is 0.217.